The quantitative estimate of drug-likeness (QED) is 0.163. The van der Waals surface area contributed by atoms with Gasteiger partial charge >= 0.3 is 6.03 Å². The van der Waals surface area contributed by atoms with Crippen molar-refractivity contribution in [2.45, 2.75) is 6.54 Å². The van der Waals surface area contributed by atoms with Crippen LogP contribution in [-0.4, -0.2) is 63.6 Å². The fourth-order valence-electron chi connectivity index (χ4n) is 4.68. The molecule has 5 rings (SSSR count). The van der Waals surface area contributed by atoms with Crippen molar-refractivity contribution in [3.05, 3.63) is 77.4 Å². The minimum Gasteiger partial charge on any atom is -0.497 e. The van der Waals surface area contributed by atoms with Crippen LogP contribution in [-0.2, 0) is 11.3 Å². The van der Waals surface area contributed by atoms with E-state index in [1.165, 1.54) is 6.20 Å². The molecule has 1 fully saturated rings. The fraction of sp³-hybridized carbons (Fsp3) is 0.258. The Bertz CT molecular complexity index is 1600. The molecule has 1 aliphatic heterocycles. The van der Waals surface area contributed by atoms with E-state index in [0.717, 1.165) is 41.5 Å². The van der Waals surface area contributed by atoms with Crippen molar-refractivity contribution >= 4 is 52.1 Å². The highest BCUT2D eigenvalue weighted by Gasteiger charge is 2.20. The lowest BCUT2D eigenvalue weighted by Crippen LogP contribution is -2.36. The smallest absolute Gasteiger partial charge is 0.319 e. The molecular formula is C31H34ClN7O5. The van der Waals surface area contributed by atoms with Crippen LogP contribution in [0.2, 0.25) is 5.02 Å². The number of carbonyl (C=O) groups excluding carboxylic acids is 1. The largest absolute Gasteiger partial charge is 0.497 e. The number of morpholine rings is 1. The van der Waals surface area contributed by atoms with Crippen molar-refractivity contribution in [2.75, 3.05) is 68.5 Å². The molecule has 0 radical (unpaired) electrons. The number of anilines is 6. The van der Waals surface area contributed by atoms with Crippen molar-refractivity contribution in [1.29, 1.82) is 0 Å². The molecule has 0 unspecified atom stereocenters. The van der Waals surface area contributed by atoms with Gasteiger partial charge in [-0.15, -0.1) is 0 Å². The molecule has 12 nitrogen and oxygen atoms in total. The van der Waals surface area contributed by atoms with Gasteiger partial charge < -0.3 is 45.1 Å². The maximum atomic E-state index is 12.5. The van der Waals surface area contributed by atoms with Gasteiger partial charge in [0.15, 0.2) is 5.82 Å². The van der Waals surface area contributed by atoms with Gasteiger partial charge in [-0.3, -0.25) is 0 Å². The van der Waals surface area contributed by atoms with Crippen LogP contribution < -0.4 is 40.4 Å². The van der Waals surface area contributed by atoms with Gasteiger partial charge in [-0.2, -0.15) is 4.98 Å². The summed E-state index contributed by atoms with van der Waals surface area (Å²) in [6, 6.07) is 18.1. The Morgan fingerprint density at radius 3 is 2.50 bits per heavy atom. The van der Waals surface area contributed by atoms with E-state index >= 15 is 0 Å². The highest BCUT2D eigenvalue weighted by molar-refractivity contribution is 6.33. The first-order valence-corrected chi connectivity index (χ1v) is 14.3. The predicted molar refractivity (Wildman–Crippen MR) is 171 cm³/mol. The number of hydrogen-bond donors (Lipinski definition) is 4. The zero-order valence-corrected chi connectivity index (χ0v) is 25.4. The first-order valence-electron chi connectivity index (χ1n) is 13.9. The number of rotatable bonds is 11. The summed E-state index contributed by atoms with van der Waals surface area (Å²) in [7, 11) is 4.79. The van der Waals surface area contributed by atoms with Crippen molar-refractivity contribution in [1.82, 2.24) is 15.3 Å². The summed E-state index contributed by atoms with van der Waals surface area (Å²) in [5, 5.41) is 12.5. The molecule has 0 atom stereocenters. The Balaban J connectivity index is 1.28. The molecule has 3 aromatic carbocycles. The van der Waals surface area contributed by atoms with Crippen LogP contribution >= 0.6 is 11.6 Å². The molecule has 2 amide bonds. The molecule has 13 heteroatoms. The van der Waals surface area contributed by atoms with Crippen LogP contribution in [0, 0.1) is 0 Å². The number of ether oxygens (including phenoxy) is 4. The normalized spacial score (nSPS) is 12.7. The molecule has 0 bridgehead atoms. The van der Waals surface area contributed by atoms with Crippen LogP contribution in [0.25, 0.3) is 0 Å². The fourth-order valence-corrected chi connectivity index (χ4v) is 4.81. The average Bonchev–Trinajstić information content (AvgIpc) is 3.06. The second-order valence-corrected chi connectivity index (χ2v) is 10.1. The minimum atomic E-state index is -0.360. The van der Waals surface area contributed by atoms with Crippen LogP contribution in [0.4, 0.5) is 39.3 Å². The number of para-hydroxylation sites is 1. The summed E-state index contributed by atoms with van der Waals surface area (Å²) in [6.45, 7) is 3.06. The van der Waals surface area contributed by atoms with Crippen molar-refractivity contribution in [3.63, 3.8) is 0 Å². The van der Waals surface area contributed by atoms with E-state index in [4.69, 9.17) is 30.5 Å². The summed E-state index contributed by atoms with van der Waals surface area (Å²) in [5.41, 5.74) is 3.74. The zero-order chi connectivity index (χ0) is 30.9. The molecule has 4 aromatic rings. The SMILES string of the molecule is COc1cccc(CNC(=O)Nc2ccc(Nc3ncc(Cl)c(Nc4cccc(OC)c4N4CCOCC4)n3)c(OC)c2)c1. The number of nitrogens with one attached hydrogen (secondary N) is 4. The van der Waals surface area contributed by atoms with Crippen molar-refractivity contribution in [2.24, 2.45) is 0 Å². The predicted octanol–water partition coefficient (Wildman–Crippen LogP) is 5.80. The van der Waals surface area contributed by atoms with Gasteiger partial charge in [0.2, 0.25) is 5.95 Å². The number of benzene rings is 3. The molecule has 1 aliphatic rings. The Hall–Kier alpha value is -4.94. The van der Waals surface area contributed by atoms with Crippen molar-refractivity contribution < 1.29 is 23.7 Å². The highest BCUT2D eigenvalue weighted by Crippen LogP contribution is 2.39. The van der Waals surface area contributed by atoms with Crippen LogP contribution in [0.3, 0.4) is 0 Å². The van der Waals surface area contributed by atoms with E-state index in [2.05, 4.69) is 36.1 Å². The average molecular weight is 620 g/mol. The summed E-state index contributed by atoms with van der Waals surface area (Å²) in [6.07, 6.45) is 1.52. The summed E-state index contributed by atoms with van der Waals surface area (Å²) < 4.78 is 22.0. The Morgan fingerprint density at radius 2 is 1.73 bits per heavy atom. The highest BCUT2D eigenvalue weighted by atomic mass is 35.5. The van der Waals surface area contributed by atoms with E-state index in [-0.39, 0.29) is 6.03 Å². The molecule has 4 N–H and O–H groups in total. The zero-order valence-electron chi connectivity index (χ0n) is 24.6. The van der Waals surface area contributed by atoms with Crippen LogP contribution in [0.15, 0.2) is 66.9 Å². The molecule has 2 heterocycles. The van der Waals surface area contributed by atoms with Crippen LogP contribution in [0.5, 0.6) is 17.2 Å². The standard InChI is InChI=1S/C31H34ClN7O5/c1-41-22-7-4-6-20(16-22)18-34-31(40)35-21-10-11-24(27(17-21)43-3)37-30-33-19-23(32)29(38-30)36-25-8-5-9-26(42-2)28(25)39-12-14-44-15-13-39/h4-11,16-17,19H,12-15,18H2,1-3H3,(H2,34,35,40)(H2,33,36,37,38). The minimum absolute atomic E-state index is 0.294. The number of nitrogens with zero attached hydrogens (tertiary/aromatic N) is 3. The summed E-state index contributed by atoms with van der Waals surface area (Å²) in [4.78, 5) is 23.7. The lowest BCUT2D eigenvalue weighted by atomic mass is 10.2. The molecule has 1 aromatic heterocycles. The number of halogens is 1. The third kappa shape index (κ3) is 7.52. The number of hydrogen-bond acceptors (Lipinski definition) is 10. The van der Waals surface area contributed by atoms with Gasteiger partial charge in [0.25, 0.3) is 0 Å². The number of carbonyl (C=O) groups is 1. The maximum absolute atomic E-state index is 12.5. The number of methoxy groups -OCH3 is 3. The van der Waals surface area contributed by atoms with Gasteiger partial charge in [-0.25, -0.2) is 9.78 Å². The van der Waals surface area contributed by atoms with E-state index in [1.807, 2.05) is 42.5 Å². The molecule has 0 aliphatic carbocycles. The lowest BCUT2D eigenvalue weighted by molar-refractivity contribution is 0.122. The number of amides is 2. The topological polar surface area (TPSA) is 131 Å². The van der Waals surface area contributed by atoms with Gasteiger partial charge in [-0.1, -0.05) is 29.8 Å². The third-order valence-electron chi connectivity index (χ3n) is 6.84. The van der Waals surface area contributed by atoms with E-state index in [1.54, 1.807) is 39.5 Å². The Morgan fingerprint density at radius 1 is 0.932 bits per heavy atom. The first-order chi connectivity index (χ1) is 21.5. The van der Waals surface area contributed by atoms with Gasteiger partial charge in [0, 0.05) is 31.4 Å². The lowest BCUT2D eigenvalue weighted by Gasteiger charge is -2.31. The van der Waals surface area contributed by atoms with E-state index < -0.39 is 0 Å². The second-order valence-electron chi connectivity index (χ2n) is 9.67. The molecule has 0 saturated carbocycles. The van der Waals surface area contributed by atoms with E-state index in [9.17, 15) is 4.79 Å². The summed E-state index contributed by atoms with van der Waals surface area (Å²) >= 11 is 6.51. The van der Waals surface area contributed by atoms with Gasteiger partial charge in [-0.05, 0) is 42.0 Å². The summed E-state index contributed by atoms with van der Waals surface area (Å²) in [5.74, 6) is 2.64. The second kappa shape index (κ2) is 14.5. The Labute approximate surface area is 260 Å². The van der Waals surface area contributed by atoms with Gasteiger partial charge in [0.05, 0.1) is 52.1 Å². The number of urea groups is 1. The molecular weight excluding hydrogens is 586 g/mol. The van der Waals surface area contributed by atoms with Crippen molar-refractivity contribution in [3.8, 4) is 17.2 Å². The monoisotopic (exact) mass is 619 g/mol. The maximum Gasteiger partial charge on any atom is 0.319 e. The molecule has 230 valence electrons. The molecule has 1 saturated heterocycles. The van der Waals surface area contributed by atoms with E-state index in [0.29, 0.717) is 53.7 Å². The van der Waals surface area contributed by atoms with Crippen LogP contribution in [0.1, 0.15) is 5.56 Å². The molecule has 0 spiro atoms. The number of aromatic nitrogens is 2. The van der Waals surface area contributed by atoms with Gasteiger partial charge in [0.1, 0.15) is 28.0 Å². The first kappa shape index (κ1) is 30.5. The Kier molecular flexibility index (Phi) is 10.1. The third-order valence-corrected chi connectivity index (χ3v) is 7.11. The molecule has 44 heavy (non-hydrogen) atoms.